The normalized spacial score (nSPS) is 11.0. The predicted octanol–water partition coefficient (Wildman–Crippen LogP) is 4.85. The molecule has 0 spiro atoms. The average molecular weight is 473 g/mol. The van der Waals surface area contributed by atoms with Crippen molar-refractivity contribution in [1.29, 1.82) is 0 Å². The fraction of sp³-hybridized carbons (Fsp3) is 0.150. The summed E-state index contributed by atoms with van der Waals surface area (Å²) in [4.78, 5) is 42.0. The highest BCUT2D eigenvalue weighted by molar-refractivity contribution is 7.99. The molecular weight excluding hydrogens is 456 g/mol. The number of aromatic nitrogens is 2. The second-order valence-electron chi connectivity index (χ2n) is 6.39. The molecule has 0 bridgehead atoms. The van der Waals surface area contributed by atoms with Crippen LogP contribution in [-0.2, 0) is 11.3 Å². The quantitative estimate of drug-likeness (QED) is 0.178. The van der Waals surface area contributed by atoms with Gasteiger partial charge in [-0.15, -0.1) is 22.7 Å². The maximum Gasteiger partial charge on any atom is 0.269 e. The van der Waals surface area contributed by atoms with Gasteiger partial charge in [-0.3, -0.25) is 24.3 Å². The molecule has 158 valence electrons. The Hall–Kier alpha value is -3.02. The van der Waals surface area contributed by atoms with Crippen LogP contribution < -0.4 is 10.9 Å². The topological polar surface area (TPSA) is 107 Å². The third-order valence-corrected chi connectivity index (χ3v) is 7.21. The second-order valence-corrected chi connectivity index (χ2v) is 9.14. The molecule has 4 rings (SSSR count). The van der Waals surface area contributed by atoms with Crippen molar-refractivity contribution in [2.24, 2.45) is 0 Å². The molecule has 1 aromatic carbocycles. The van der Waals surface area contributed by atoms with E-state index in [1.54, 1.807) is 15.9 Å². The lowest BCUT2D eigenvalue weighted by molar-refractivity contribution is -0.384. The van der Waals surface area contributed by atoms with Crippen LogP contribution in [0, 0.1) is 10.1 Å². The first-order chi connectivity index (χ1) is 15.0. The minimum Gasteiger partial charge on any atom is -0.325 e. The van der Waals surface area contributed by atoms with E-state index in [0.717, 1.165) is 10.4 Å². The molecule has 8 nitrogen and oxygen atoms in total. The number of nitrogens with one attached hydrogen (secondary N) is 1. The molecule has 0 saturated carbocycles. The number of hydrogen-bond donors (Lipinski definition) is 1. The first kappa shape index (κ1) is 21.2. The Morgan fingerprint density at radius 1 is 1.26 bits per heavy atom. The summed E-state index contributed by atoms with van der Waals surface area (Å²) in [5, 5.41) is 18.4. The summed E-state index contributed by atoms with van der Waals surface area (Å²) in [6.07, 6.45) is 0. The number of nitrogens with zero attached hydrogens (tertiary/aromatic N) is 3. The molecule has 0 aliphatic carbocycles. The number of nitro groups is 1. The molecule has 4 aromatic rings. The van der Waals surface area contributed by atoms with Gasteiger partial charge in [0.05, 0.1) is 16.1 Å². The molecule has 3 aromatic heterocycles. The molecule has 0 aliphatic rings. The second kappa shape index (κ2) is 9.00. The number of rotatable bonds is 7. The van der Waals surface area contributed by atoms with Crippen molar-refractivity contribution >= 4 is 61.9 Å². The maximum absolute atomic E-state index is 13.1. The van der Waals surface area contributed by atoms with Crippen molar-refractivity contribution in [2.45, 2.75) is 18.6 Å². The van der Waals surface area contributed by atoms with E-state index >= 15 is 0 Å². The number of fused-ring (bicyclic) bond motifs is 1. The molecule has 0 atom stereocenters. The third kappa shape index (κ3) is 4.38. The summed E-state index contributed by atoms with van der Waals surface area (Å²) < 4.78 is 1.58. The van der Waals surface area contributed by atoms with Gasteiger partial charge in [-0.05, 0) is 30.5 Å². The lowest BCUT2D eigenvalue weighted by Gasteiger charge is -2.10. The predicted molar refractivity (Wildman–Crippen MR) is 125 cm³/mol. The van der Waals surface area contributed by atoms with Crippen molar-refractivity contribution in [1.82, 2.24) is 9.55 Å². The van der Waals surface area contributed by atoms with Gasteiger partial charge < -0.3 is 5.32 Å². The highest BCUT2D eigenvalue weighted by Gasteiger charge is 2.18. The number of thioether (sulfide) groups is 1. The summed E-state index contributed by atoms with van der Waals surface area (Å²) in [6.45, 7) is 2.31. The summed E-state index contributed by atoms with van der Waals surface area (Å²) in [6, 6.07) is 9.54. The van der Waals surface area contributed by atoms with Crippen LogP contribution in [0.4, 0.5) is 11.4 Å². The number of non-ortho nitro benzene ring substituents is 1. The van der Waals surface area contributed by atoms with E-state index < -0.39 is 4.92 Å². The SMILES string of the molecule is CCn1c(SCC(=O)Nc2ccc([N+](=O)[O-])cc2)nc2scc(-c3cccs3)c2c1=O. The fourth-order valence-corrected chi connectivity index (χ4v) is 5.67. The van der Waals surface area contributed by atoms with Gasteiger partial charge >= 0.3 is 0 Å². The first-order valence-electron chi connectivity index (χ1n) is 9.21. The van der Waals surface area contributed by atoms with E-state index in [1.165, 1.54) is 47.4 Å². The lowest BCUT2D eigenvalue weighted by Crippen LogP contribution is -2.23. The minimum atomic E-state index is -0.498. The Balaban J connectivity index is 1.53. The van der Waals surface area contributed by atoms with Gasteiger partial charge in [0, 0.05) is 40.2 Å². The average Bonchev–Trinajstić information content (AvgIpc) is 3.42. The van der Waals surface area contributed by atoms with Crippen molar-refractivity contribution in [2.75, 3.05) is 11.1 Å². The van der Waals surface area contributed by atoms with Gasteiger partial charge in [-0.2, -0.15) is 0 Å². The number of nitro benzene ring substituents is 1. The van der Waals surface area contributed by atoms with E-state index in [0.29, 0.717) is 27.6 Å². The van der Waals surface area contributed by atoms with E-state index in [2.05, 4.69) is 10.3 Å². The van der Waals surface area contributed by atoms with Crippen LogP contribution in [0.1, 0.15) is 6.92 Å². The van der Waals surface area contributed by atoms with Gasteiger partial charge in [-0.25, -0.2) is 4.98 Å². The monoisotopic (exact) mass is 472 g/mol. The van der Waals surface area contributed by atoms with Crippen LogP contribution in [0.5, 0.6) is 0 Å². The first-order valence-corrected chi connectivity index (χ1v) is 12.0. The molecule has 0 saturated heterocycles. The van der Waals surface area contributed by atoms with Crippen molar-refractivity contribution in [3.8, 4) is 10.4 Å². The van der Waals surface area contributed by atoms with E-state index in [9.17, 15) is 19.7 Å². The van der Waals surface area contributed by atoms with Crippen LogP contribution in [0.25, 0.3) is 20.7 Å². The number of carbonyl (C=O) groups excluding carboxylic acids is 1. The van der Waals surface area contributed by atoms with Crippen molar-refractivity contribution < 1.29 is 9.72 Å². The number of anilines is 1. The molecule has 1 N–H and O–H groups in total. The molecule has 3 heterocycles. The van der Waals surface area contributed by atoms with Gasteiger partial charge in [0.1, 0.15) is 4.83 Å². The Bertz CT molecular complexity index is 1310. The zero-order chi connectivity index (χ0) is 22.0. The van der Waals surface area contributed by atoms with Crippen molar-refractivity contribution in [3.63, 3.8) is 0 Å². The summed E-state index contributed by atoms with van der Waals surface area (Å²) >= 11 is 4.17. The molecule has 31 heavy (non-hydrogen) atoms. The fourth-order valence-electron chi connectivity index (χ4n) is 3.00. The number of hydrogen-bond acceptors (Lipinski definition) is 8. The number of thiophene rings is 2. The van der Waals surface area contributed by atoms with E-state index in [4.69, 9.17) is 0 Å². The Morgan fingerprint density at radius 2 is 2.03 bits per heavy atom. The van der Waals surface area contributed by atoms with Gasteiger partial charge in [0.25, 0.3) is 11.2 Å². The third-order valence-electron chi connectivity index (χ3n) is 4.46. The Labute approximate surface area is 188 Å². The smallest absolute Gasteiger partial charge is 0.269 e. The molecule has 0 radical (unpaired) electrons. The van der Waals surface area contributed by atoms with Crippen molar-refractivity contribution in [3.05, 3.63) is 67.6 Å². The Kier molecular flexibility index (Phi) is 6.16. The van der Waals surface area contributed by atoms with Gasteiger partial charge in [-0.1, -0.05) is 17.8 Å². The van der Waals surface area contributed by atoms with E-state index in [1.807, 2.05) is 29.8 Å². The maximum atomic E-state index is 13.1. The minimum absolute atomic E-state index is 0.0466. The number of carbonyl (C=O) groups is 1. The number of amides is 1. The van der Waals surface area contributed by atoms with Crippen LogP contribution in [0.3, 0.4) is 0 Å². The lowest BCUT2D eigenvalue weighted by atomic mass is 10.2. The molecule has 11 heteroatoms. The highest BCUT2D eigenvalue weighted by atomic mass is 32.2. The number of benzene rings is 1. The highest BCUT2D eigenvalue weighted by Crippen LogP contribution is 2.34. The molecule has 0 unspecified atom stereocenters. The van der Waals surface area contributed by atoms with Crippen LogP contribution in [-0.4, -0.2) is 26.1 Å². The van der Waals surface area contributed by atoms with Gasteiger partial charge in [0.2, 0.25) is 5.91 Å². The molecular formula is C20H16N4O4S3. The van der Waals surface area contributed by atoms with E-state index in [-0.39, 0.29) is 22.9 Å². The van der Waals surface area contributed by atoms with Crippen LogP contribution >= 0.6 is 34.4 Å². The van der Waals surface area contributed by atoms with Crippen LogP contribution in [0.15, 0.2) is 57.1 Å². The van der Waals surface area contributed by atoms with Gasteiger partial charge in [0.15, 0.2) is 5.16 Å². The van der Waals surface area contributed by atoms with Crippen LogP contribution in [0.2, 0.25) is 0 Å². The summed E-state index contributed by atoms with van der Waals surface area (Å²) in [5.41, 5.74) is 1.19. The molecule has 0 aliphatic heterocycles. The largest absolute Gasteiger partial charge is 0.325 e. The zero-order valence-corrected chi connectivity index (χ0v) is 18.7. The zero-order valence-electron chi connectivity index (χ0n) is 16.2. The standard InChI is InChI=1S/C20H16N4O4S3/c1-2-23-19(26)17-14(15-4-3-9-29-15)10-30-18(17)22-20(23)31-11-16(25)21-12-5-7-13(8-6-12)24(27)28/h3-10H,2,11H2,1H3,(H,21,25). The molecule has 0 fully saturated rings. The Morgan fingerprint density at radius 3 is 2.68 bits per heavy atom. The molecule has 1 amide bonds. The summed E-state index contributed by atoms with van der Waals surface area (Å²) in [7, 11) is 0. The summed E-state index contributed by atoms with van der Waals surface area (Å²) in [5.74, 6) is -0.237.